The van der Waals surface area contributed by atoms with E-state index in [0.29, 0.717) is 24.0 Å². The molecular weight excluding hydrogens is 331 g/mol. The first-order chi connectivity index (χ1) is 9.52. The normalized spacial score (nSPS) is 17.9. The molecule has 0 aromatic heterocycles. The predicted molar refractivity (Wildman–Crippen MR) is 73.9 cm³/mol. The Labute approximate surface area is 124 Å². The van der Waals surface area contributed by atoms with Crippen LogP contribution >= 0.6 is 15.9 Å². The topological polar surface area (TPSA) is 58.6 Å². The van der Waals surface area contributed by atoms with E-state index < -0.39 is 17.8 Å². The Morgan fingerprint density at radius 1 is 1.50 bits per heavy atom. The fourth-order valence-electron chi connectivity index (χ4n) is 2.15. The molecule has 7 heteroatoms. The lowest BCUT2D eigenvalue weighted by atomic mass is 10.1. The lowest BCUT2D eigenvalue weighted by Crippen LogP contribution is -2.38. The van der Waals surface area contributed by atoms with Crippen molar-refractivity contribution in [2.45, 2.75) is 12.5 Å². The second-order valence-corrected chi connectivity index (χ2v) is 5.33. The number of nitrogens with one attached hydrogen (secondary N) is 1. The maximum Gasteiger partial charge on any atom is 0.409 e. The van der Waals surface area contributed by atoms with Crippen LogP contribution in [0.3, 0.4) is 0 Å². The number of carbonyl (C=O) groups is 2. The summed E-state index contributed by atoms with van der Waals surface area (Å²) in [5, 5.41) is 2.73. The van der Waals surface area contributed by atoms with Crippen LogP contribution < -0.4 is 5.32 Å². The van der Waals surface area contributed by atoms with Gasteiger partial charge in [0.25, 0.3) is 5.91 Å². The van der Waals surface area contributed by atoms with E-state index in [2.05, 4.69) is 26.0 Å². The van der Waals surface area contributed by atoms with E-state index in [1.54, 1.807) is 6.07 Å². The largest absolute Gasteiger partial charge is 0.453 e. The van der Waals surface area contributed by atoms with Crippen LogP contribution in [0.15, 0.2) is 22.7 Å². The monoisotopic (exact) mass is 344 g/mol. The molecule has 1 aliphatic rings. The molecule has 0 spiro atoms. The van der Waals surface area contributed by atoms with E-state index in [0.717, 1.165) is 0 Å². The third-order valence-electron chi connectivity index (χ3n) is 3.15. The zero-order valence-electron chi connectivity index (χ0n) is 10.9. The highest BCUT2D eigenvalue weighted by molar-refractivity contribution is 9.10. The molecule has 1 N–H and O–H groups in total. The summed E-state index contributed by atoms with van der Waals surface area (Å²) in [5.41, 5.74) is -0.0241. The van der Waals surface area contributed by atoms with E-state index in [4.69, 9.17) is 0 Å². The van der Waals surface area contributed by atoms with E-state index in [1.165, 1.54) is 24.1 Å². The minimum atomic E-state index is -0.584. The average molecular weight is 345 g/mol. The Hall–Kier alpha value is -1.63. The molecule has 2 amide bonds. The number of hydrogen-bond donors (Lipinski definition) is 1. The fraction of sp³-hybridized carbons (Fsp3) is 0.385. The van der Waals surface area contributed by atoms with Crippen molar-refractivity contribution in [1.82, 2.24) is 10.2 Å². The maximum atomic E-state index is 13.7. The quantitative estimate of drug-likeness (QED) is 0.894. The molecule has 1 fully saturated rings. The predicted octanol–water partition coefficient (Wildman–Crippen LogP) is 2.16. The summed E-state index contributed by atoms with van der Waals surface area (Å²) in [5.74, 6) is -1.08. The molecule has 0 bridgehead atoms. The van der Waals surface area contributed by atoms with E-state index >= 15 is 0 Å². The molecule has 1 aromatic rings. The lowest BCUT2D eigenvalue weighted by molar-refractivity contribution is 0.0929. The van der Waals surface area contributed by atoms with Crippen molar-refractivity contribution in [3.63, 3.8) is 0 Å². The van der Waals surface area contributed by atoms with Gasteiger partial charge in [-0.25, -0.2) is 9.18 Å². The zero-order chi connectivity index (χ0) is 14.7. The van der Waals surface area contributed by atoms with Crippen LogP contribution in [-0.4, -0.2) is 43.1 Å². The lowest BCUT2D eigenvalue weighted by Gasteiger charge is -2.16. The molecule has 1 unspecified atom stereocenters. The number of rotatable bonds is 2. The average Bonchev–Trinajstić information content (AvgIpc) is 2.86. The number of ether oxygens (including phenoxy) is 1. The second kappa shape index (κ2) is 6.21. The van der Waals surface area contributed by atoms with Crippen molar-refractivity contribution < 1.29 is 18.7 Å². The van der Waals surface area contributed by atoms with Gasteiger partial charge >= 0.3 is 6.09 Å². The molecule has 108 valence electrons. The summed E-state index contributed by atoms with van der Waals surface area (Å²) in [6, 6.07) is 4.15. The third kappa shape index (κ3) is 3.09. The standard InChI is InChI=1S/C13H14BrFN2O3/c1-20-13(19)17-6-5-8(7-17)16-12(18)11-9(14)3-2-4-10(11)15/h2-4,8H,5-7H2,1H3,(H,16,18). The minimum Gasteiger partial charge on any atom is -0.453 e. The number of carbonyl (C=O) groups excluding carboxylic acids is 2. The van der Waals surface area contributed by atoms with Gasteiger partial charge in [-0.05, 0) is 34.5 Å². The highest BCUT2D eigenvalue weighted by Gasteiger charge is 2.29. The first-order valence-electron chi connectivity index (χ1n) is 6.10. The third-order valence-corrected chi connectivity index (χ3v) is 3.81. The number of amides is 2. The summed E-state index contributed by atoms with van der Waals surface area (Å²) in [6.45, 7) is 0.876. The van der Waals surface area contributed by atoms with Crippen LogP contribution in [0.5, 0.6) is 0 Å². The maximum absolute atomic E-state index is 13.7. The number of halogens is 2. The molecule has 0 radical (unpaired) electrons. The summed E-state index contributed by atoms with van der Waals surface area (Å²) in [6.07, 6.45) is 0.196. The Morgan fingerprint density at radius 2 is 2.25 bits per heavy atom. The SMILES string of the molecule is COC(=O)N1CCC(NC(=O)c2c(F)cccc2Br)C1. The molecule has 0 aliphatic carbocycles. The van der Waals surface area contributed by atoms with Crippen molar-refractivity contribution in [2.24, 2.45) is 0 Å². The summed E-state index contributed by atoms with van der Waals surface area (Å²) >= 11 is 3.16. The molecule has 2 rings (SSSR count). The molecular formula is C13H14BrFN2O3. The van der Waals surface area contributed by atoms with Gasteiger partial charge in [-0.1, -0.05) is 6.07 Å². The molecule has 1 aliphatic heterocycles. The van der Waals surface area contributed by atoms with Gasteiger partial charge in [0.05, 0.1) is 12.7 Å². The number of hydrogen-bond acceptors (Lipinski definition) is 3. The first-order valence-corrected chi connectivity index (χ1v) is 6.90. The molecule has 0 saturated carbocycles. The molecule has 5 nitrogen and oxygen atoms in total. The summed E-state index contributed by atoms with van der Waals surface area (Å²) in [7, 11) is 1.31. The minimum absolute atomic E-state index is 0.0241. The van der Waals surface area contributed by atoms with Crippen molar-refractivity contribution >= 4 is 27.9 Å². The Kier molecular flexibility index (Phi) is 4.59. The number of benzene rings is 1. The van der Waals surface area contributed by atoms with Crippen LogP contribution in [0, 0.1) is 5.82 Å². The van der Waals surface area contributed by atoms with Gasteiger partial charge in [0.2, 0.25) is 0 Å². The van der Waals surface area contributed by atoms with Gasteiger partial charge in [-0.15, -0.1) is 0 Å². The Morgan fingerprint density at radius 3 is 2.90 bits per heavy atom. The van der Waals surface area contributed by atoms with Gasteiger partial charge in [0.15, 0.2) is 0 Å². The fourth-order valence-corrected chi connectivity index (χ4v) is 2.67. The van der Waals surface area contributed by atoms with Gasteiger partial charge in [0, 0.05) is 23.6 Å². The highest BCUT2D eigenvalue weighted by Crippen LogP contribution is 2.20. The van der Waals surface area contributed by atoms with Gasteiger partial charge < -0.3 is 15.0 Å². The number of likely N-dealkylation sites (tertiary alicyclic amines) is 1. The van der Waals surface area contributed by atoms with Crippen LogP contribution in [-0.2, 0) is 4.74 Å². The van der Waals surface area contributed by atoms with Crippen LogP contribution in [0.2, 0.25) is 0 Å². The van der Waals surface area contributed by atoms with Crippen LogP contribution in [0.25, 0.3) is 0 Å². The van der Waals surface area contributed by atoms with Crippen molar-refractivity contribution in [2.75, 3.05) is 20.2 Å². The molecule has 1 heterocycles. The Balaban J connectivity index is 2.01. The van der Waals surface area contributed by atoms with E-state index in [-0.39, 0.29) is 11.6 Å². The Bertz CT molecular complexity index is 518. The second-order valence-electron chi connectivity index (χ2n) is 4.47. The van der Waals surface area contributed by atoms with Crippen molar-refractivity contribution in [3.05, 3.63) is 34.1 Å². The smallest absolute Gasteiger partial charge is 0.409 e. The van der Waals surface area contributed by atoms with Crippen molar-refractivity contribution in [3.8, 4) is 0 Å². The van der Waals surface area contributed by atoms with Crippen LogP contribution in [0.1, 0.15) is 16.8 Å². The van der Waals surface area contributed by atoms with E-state index in [9.17, 15) is 14.0 Å². The molecule has 1 atom stereocenters. The van der Waals surface area contributed by atoms with Crippen LogP contribution in [0.4, 0.5) is 9.18 Å². The highest BCUT2D eigenvalue weighted by atomic mass is 79.9. The molecule has 1 aromatic carbocycles. The summed E-state index contributed by atoms with van der Waals surface area (Å²) < 4.78 is 18.7. The zero-order valence-corrected chi connectivity index (χ0v) is 12.4. The van der Waals surface area contributed by atoms with Gasteiger partial charge in [-0.3, -0.25) is 4.79 Å². The van der Waals surface area contributed by atoms with Gasteiger partial charge in [0.1, 0.15) is 5.82 Å². The number of nitrogens with zero attached hydrogens (tertiary/aromatic N) is 1. The van der Waals surface area contributed by atoms with Gasteiger partial charge in [-0.2, -0.15) is 0 Å². The summed E-state index contributed by atoms with van der Waals surface area (Å²) in [4.78, 5) is 24.9. The van der Waals surface area contributed by atoms with E-state index in [1.807, 2.05) is 0 Å². The first kappa shape index (κ1) is 14.8. The number of methoxy groups -OCH3 is 1. The van der Waals surface area contributed by atoms with Crippen molar-refractivity contribution in [1.29, 1.82) is 0 Å². The molecule has 1 saturated heterocycles. The molecule has 20 heavy (non-hydrogen) atoms.